The Labute approximate surface area is 67.1 Å². The van der Waals surface area contributed by atoms with Crippen LogP contribution < -0.4 is 0 Å². The minimum atomic E-state index is -0.974. The van der Waals surface area contributed by atoms with Crippen LogP contribution in [0.3, 0.4) is 0 Å². The molecule has 0 aliphatic carbocycles. The van der Waals surface area contributed by atoms with Crippen LogP contribution >= 0.6 is 24.0 Å². The summed E-state index contributed by atoms with van der Waals surface area (Å²) in [4.78, 5) is 14.8. The van der Waals surface area contributed by atoms with Gasteiger partial charge < -0.3 is 5.11 Å². The van der Waals surface area contributed by atoms with Crippen LogP contribution in [0.5, 0.6) is 0 Å². The molecule has 5 heteroatoms. The number of carboxylic acids is 1. The van der Waals surface area contributed by atoms with Crippen molar-refractivity contribution in [1.82, 2.24) is 4.98 Å². The van der Waals surface area contributed by atoms with Crippen LogP contribution in [0.2, 0.25) is 0 Å². The first kappa shape index (κ1) is 7.56. The van der Waals surface area contributed by atoms with E-state index < -0.39 is 5.97 Å². The van der Waals surface area contributed by atoms with E-state index in [0.717, 1.165) is 16.2 Å². The van der Waals surface area contributed by atoms with Crippen LogP contribution in [-0.2, 0) is 5.75 Å². The quantitative estimate of drug-likeness (QED) is 0.665. The average Bonchev–Trinajstić information content (AvgIpc) is 2.34. The fourth-order valence-corrected chi connectivity index (χ4v) is 1.37. The molecule has 0 aromatic carbocycles. The molecule has 0 unspecified atom stereocenters. The smallest absolute Gasteiger partial charge is 0.365 e. The Morgan fingerprint density at radius 1 is 1.90 bits per heavy atom. The molecular weight excluding hydrogens is 170 g/mol. The first-order valence-electron chi connectivity index (χ1n) is 2.53. The lowest BCUT2D eigenvalue weighted by Crippen LogP contribution is -1.92. The van der Waals surface area contributed by atoms with Crippen molar-refractivity contribution in [3.63, 3.8) is 0 Å². The molecule has 0 fully saturated rings. The molecule has 1 rings (SSSR count). The van der Waals surface area contributed by atoms with E-state index in [-0.39, 0.29) is 5.01 Å². The average molecular weight is 175 g/mol. The Hall–Kier alpha value is -0.550. The van der Waals surface area contributed by atoms with E-state index >= 15 is 0 Å². The summed E-state index contributed by atoms with van der Waals surface area (Å²) < 4.78 is 0. The van der Waals surface area contributed by atoms with Crippen molar-refractivity contribution in [2.24, 2.45) is 0 Å². The Bertz CT molecular complexity index is 246. The van der Waals surface area contributed by atoms with E-state index in [1.54, 1.807) is 0 Å². The van der Waals surface area contributed by atoms with Crippen molar-refractivity contribution in [3.8, 4) is 0 Å². The van der Waals surface area contributed by atoms with E-state index in [2.05, 4.69) is 17.6 Å². The van der Waals surface area contributed by atoms with E-state index in [1.807, 2.05) is 0 Å². The zero-order valence-corrected chi connectivity index (χ0v) is 6.65. The molecule has 0 saturated carbocycles. The van der Waals surface area contributed by atoms with Gasteiger partial charge in [-0.15, -0.1) is 11.3 Å². The maximum atomic E-state index is 10.3. The molecule has 10 heavy (non-hydrogen) atoms. The lowest BCUT2D eigenvalue weighted by Gasteiger charge is -1.80. The summed E-state index contributed by atoms with van der Waals surface area (Å²) in [5.74, 6) is -0.427. The molecule has 3 nitrogen and oxygen atoms in total. The fourth-order valence-electron chi connectivity index (χ4n) is 0.479. The van der Waals surface area contributed by atoms with Crippen molar-refractivity contribution in [2.75, 3.05) is 0 Å². The number of hydrogen-bond donors (Lipinski definition) is 2. The van der Waals surface area contributed by atoms with Gasteiger partial charge in [0.05, 0.1) is 0 Å². The van der Waals surface area contributed by atoms with Crippen molar-refractivity contribution >= 4 is 29.9 Å². The standard InChI is InChI=1S/C5H5NO2S2/c7-5(8)4-6-1-3(2-9)10-4/h1,9H,2H2,(H,7,8). The fraction of sp³-hybridized carbons (Fsp3) is 0.200. The second-order valence-corrected chi connectivity index (χ2v) is 3.03. The van der Waals surface area contributed by atoms with Gasteiger partial charge in [-0.1, -0.05) is 0 Å². The first-order valence-corrected chi connectivity index (χ1v) is 3.98. The van der Waals surface area contributed by atoms with Crippen LogP contribution in [0.15, 0.2) is 6.20 Å². The summed E-state index contributed by atoms with van der Waals surface area (Å²) in [5.41, 5.74) is 0. The Kier molecular flexibility index (Phi) is 2.29. The Balaban J connectivity index is 2.88. The highest BCUT2D eigenvalue weighted by molar-refractivity contribution is 7.79. The normalized spacial score (nSPS) is 9.70. The molecule has 1 heterocycles. The minimum absolute atomic E-state index is 0.129. The molecule has 1 aromatic rings. The Morgan fingerprint density at radius 3 is 2.90 bits per heavy atom. The second kappa shape index (κ2) is 3.03. The summed E-state index contributed by atoms with van der Waals surface area (Å²) in [7, 11) is 0. The van der Waals surface area contributed by atoms with Crippen LogP contribution in [0.4, 0.5) is 0 Å². The van der Waals surface area contributed by atoms with Gasteiger partial charge in [0.1, 0.15) is 0 Å². The Morgan fingerprint density at radius 2 is 2.60 bits per heavy atom. The molecule has 54 valence electrons. The van der Waals surface area contributed by atoms with E-state index in [4.69, 9.17) is 5.11 Å². The molecule has 1 aromatic heterocycles. The first-order chi connectivity index (χ1) is 4.74. The number of carboxylic acid groups (broad SMARTS) is 1. The topological polar surface area (TPSA) is 50.2 Å². The number of aromatic carboxylic acids is 1. The molecule has 0 aliphatic rings. The maximum Gasteiger partial charge on any atom is 0.365 e. The van der Waals surface area contributed by atoms with Gasteiger partial charge in [-0.2, -0.15) is 12.6 Å². The molecule has 0 radical (unpaired) electrons. The molecule has 0 bridgehead atoms. The second-order valence-electron chi connectivity index (χ2n) is 1.59. The highest BCUT2D eigenvalue weighted by Crippen LogP contribution is 2.13. The third-order valence-corrected chi connectivity index (χ3v) is 2.43. The minimum Gasteiger partial charge on any atom is -0.476 e. The van der Waals surface area contributed by atoms with Gasteiger partial charge >= 0.3 is 5.97 Å². The van der Waals surface area contributed by atoms with Crippen molar-refractivity contribution < 1.29 is 9.90 Å². The van der Waals surface area contributed by atoms with Gasteiger partial charge in [-0.05, 0) is 0 Å². The molecule has 0 amide bonds. The predicted molar refractivity (Wildman–Crippen MR) is 41.8 cm³/mol. The molecule has 0 spiro atoms. The maximum absolute atomic E-state index is 10.3. The monoisotopic (exact) mass is 175 g/mol. The van der Waals surface area contributed by atoms with Crippen LogP contribution in [0, 0.1) is 0 Å². The number of rotatable bonds is 2. The number of aromatic nitrogens is 1. The highest BCUT2D eigenvalue weighted by Gasteiger charge is 2.06. The van der Waals surface area contributed by atoms with Gasteiger partial charge in [-0.25, -0.2) is 9.78 Å². The number of thiazole rings is 1. The summed E-state index contributed by atoms with van der Waals surface area (Å²) in [6.45, 7) is 0. The number of nitrogens with zero attached hydrogens (tertiary/aromatic N) is 1. The van der Waals surface area contributed by atoms with Crippen LogP contribution in [0.1, 0.15) is 14.7 Å². The molecule has 1 N–H and O–H groups in total. The van der Waals surface area contributed by atoms with Gasteiger partial charge in [0, 0.05) is 16.8 Å². The van der Waals surface area contributed by atoms with Crippen molar-refractivity contribution in [2.45, 2.75) is 5.75 Å². The zero-order chi connectivity index (χ0) is 7.56. The lowest BCUT2D eigenvalue weighted by molar-refractivity contribution is 0.0696. The van der Waals surface area contributed by atoms with Crippen LogP contribution in [0.25, 0.3) is 0 Å². The third-order valence-electron chi connectivity index (χ3n) is 0.892. The zero-order valence-electron chi connectivity index (χ0n) is 4.94. The number of carbonyl (C=O) groups is 1. The third kappa shape index (κ3) is 1.48. The van der Waals surface area contributed by atoms with E-state index in [1.165, 1.54) is 6.20 Å². The van der Waals surface area contributed by atoms with E-state index in [0.29, 0.717) is 5.75 Å². The summed E-state index contributed by atoms with van der Waals surface area (Å²) in [6, 6.07) is 0. The van der Waals surface area contributed by atoms with Gasteiger partial charge in [0.25, 0.3) is 0 Å². The summed E-state index contributed by atoms with van der Waals surface area (Å²) in [5, 5.41) is 8.55. The van der Waals surface area contributed by atoms with E-state index in [9.17, 15) is 4.79 Å². The number of hydrogen-bond acceptors (Lipinski definition) is 4. The van der Waals surface area contributed by atoms with Gasteiger partial charge in [0.15, 0.2) is 0 Å². The molecular formula is C5H5NO2S2. The summed E-state index contributed by atoms with van der Waals surface area (Å²) >= 11 is 5.12. The largest absolute Gasteiger partial charge is 0.476 e. The lowest BCUT2D eigenvalue weighted by atomic mass is 10.6. The molecule has 0 atom stereocenters. The highest BCUT2D eigenvalue weighted by atomic mass is 32.1. The molecule has 0 aliphatic heterocycles. The predicted octanol–water partition coefficient (Wildman–Crippen LogP) is 1.27. The van der Waals surface area contributed by atoms with Gasteiger partial charge in [0.2, 0.25) is 5.01 Å². The molecule has 0 saturated heterocycles. The number of thiol groups is 1. The van der Waals surface area contributed by atoms with Crippen molar-refractivity contribution in [1.29, 1.82) is 0 Å². The van der Waals surface area contributed by atoms with Gasteiger partial charge in [-0.3, -0.25) is 0 Å². The SMILES string of the molecule is O=C(O)c1ncc(CS)s1. The summed E-state index contributed by atoms with van der Waals surface area (Å²) in [6.07, 6.45) is 1.53. The van der Waals surface area contributed by atoms with Crippen molar-refractivity contribution in [3.05, 3.63) is 16.1 Å². The van der Waals surface area contributed by atoms with Crippen LogP contribution in [-0.4, -0.2) is 16.1 Å².